The quantitative estimate of drug-likeness (QED) is 0.382. The number of terminal acetylenes is 1. The molecule has 0 spiro atoms. The minimum Gasteiger partial charge on any atom is -1.00 e. The van der Waals surface area contributed by atoms with Crippen molar-refractivity contribution in [1.82, 2.24) is 4.90 Å². The number of hydrogen-bond donors (Lipinski definition) is 0. The molecule has 0 N–H and O–H groups in total. The molecule has 7 heteroatoms. The minimum absolute atomic E-state index is 0. The molecule has 32 heavy (non-hydrogen) atoms. The number of amides is 1. The number of piperazine rings is 1. The lowest BCUT2D eigenvalue weighted by Crippen LogP contribution is -3.00. The van der Waals surface area contributed by atoms with Crippen LogP contribution in [0.1, 0.15) is 17.5 Å². The first kappa shape index (κ1) is 23.8. The number of thiazole rings is 1. The Morgan fingerprint density at radius 1 is 1.12 bits per heavy atom. The van der Waals surface area contributed by atoms with Gasteiger partial charge in [-0.3, -0.25) is 0 Å². The van der Waals surface area contributed by atoms with Crippen LogP contribution in [0.3, 0.4) is 0 Å². The van der Waals surface area contributed by atoms with E-state index in [4.69, 9.17) is 11.2 Å². The maximum atomic E-state index is 11.9. The van der Waals surface area contributed by atoms with Crippen molar-refractivity contribution in [1.29, 1.82) is 0 Å². The fraction of sp³-hybridized carbons (Fsp3) is 0.280. The summed E-state index contributed by atoms with van der Waals surface area (Å²) in [6.07, 6.45) is 9.63. The summed E-state index contributed by atoms with van der Waals surface area (Å²) in [7, 11) is 0. The molecular weight excluding hydrogens is 486 g/mol. The van der Waals surface area contributed by atoms with Crippen LogP contribution in [0.25, 0.3) is 22.4 Å². The van der Waals surface area contributed by atoms with Gasteiger partial charge in [-0.1, -0.05) is 35.6 Å². The fourth-order valence-corrected chi connectivity index (χ4v) is 4.82. The van der Waals surface area contributed by atoms with Gasteiger partial charge in [0.05, 0.1) is 6.61 Å². The number of halogens is 1. The first-order valence-corrected chi connectivity index (χ1v) is 11.3. The molecule has 0 radical (unpaired) electrons. The molecule has 1 amide bonds. The highest BCUT2D eigenvalue weighted by Gasteiger charge is 2.22. The third kappa shape index (κ3) is 5.32. The Labute approximate surface area is 203 Å². The smallest absolute Gasteiger partial charge is 0.409 e. The number of benzene rings is 2. The van der Waals surface area contributed by atoms with E-state index < -0.39 is 0 Å². The van der Waals surface area contributed by atoms with E-state index in [9.17, 15) is 4.79 Å². The molecule has 166 valence electrons. The SMILES string of the molecule is C#CC[n+]1c(/C=C/c2ccc(N3CCN(C(=O)OCC)CC3)cc2)sc2ccccc21.[Br-]. The first-order chi connectivity index (χ1) is 15.2. The Balaban J connectivity index is 0.00000289. The van der Waals surface area contributed by atoms with Gasteiger partial charge in [0, 0.05) is 44.0 Å². The van der Waals surface area contributed by atoms with Crippen LogP contribution in [0, 0.1) is 12.3 Å². The van der Waals surface area contributed by atoms with Crippen molar-refractivity contribution in [2.45, 2.75) is 13.5 Å². The molecule has 3 aromatic rings. The minimum atomic E-state index is -0.217. The Morgan fingerprint density at radius 2 is 1.84 bits per heavy atom. The van der Waals surface area contributed by atoms with Crippen molar-refractivity contribution in [3.05, 3.63) is 59.1 Å². The molecule has 0 atom stereocenters. The van der Waals surface area contributed by atoms with Crippen LogP contribution in [-0.2, 0) is 11.3 Å². The number of hydrogen-bond acceptors (Lipinski definition) is 4. The predicted octanol–water partition coefficient (Wildman–Crippen LogP) is 1.27. The van der Waals surface area contributed by atoms with E-state index in [1.54, 1.807) is 16.2 Å². The summed E-state index contributed by atoms with van der Waals surface area (Å²) < 4.78 is 8.50. The zero-order valence-electron chi connectivity index (χ0n) is 18.0. The van der Waals surface area contributed by atoms with Crippen molar-refractivity contribution in [3.8, 4) is 12.3 Å². The van der Waals surface area contributed by atoms with E-state index in [1.807, 2.05) is 13.0 Å². The number of anilines is 1. The topological polar surface area (TPSA) is 36.7 Å². The van der Waals surface area contributed by atoms with Gasteiger partial charge in [0.1, 0.15) is 4.70 Å². The van der Waals surface area contributed by atoms with Crippen LogP contribution in [-0.4, -0.2) is 43.8 Å². The van der Waals surface area contributed by atoms with Crippen LogP contribution in [0.5, 0.6) is 0 Å². The second-order valence-corrected chi connectivity index (χ2v) is 8.36. The van der Waals surface area contributed by atoms with Crippen molar-refractivity contribution >= 4 is 45.5 Å². The average molecular weight is 512 g/mol. The summed E-state index contributed by atoms with van der Waals surface area (Å²) in [6.45, 7) is 5.78. The lowest BCUT2D eigenvalue weighted by molar-refractivity contribution is -0.655. The van der Waals surface area contributed by atoms with E-state index in [2.05, 4.69) is 70.0 Å². The number of carbonyl (C=O) groups is 1. The molecule has 1 aliphatic rings. The summed E-state index contributed by atoms with van der Waals surface area (Å²) in [5, 5.41) is 1.14. The zero-order valence-corrected chi connectivity index (χ0v) is 20.4. The molecule has 4 rings (SSSR count). The molecule has 2 heterocycles. The molecule has 1 aromatic heterocycles. The Morgan fingerprint density at radius 3 is 2.53 bits per heavy atom. The molecule has 2 aromatic carbocycles. The van der Waals surface area contributed by atoms with Gasteiger partial charge in [-0.15, -0.1) is 6.42 Å². The fourth-order valence-electron chi connectivity index (χ4n) is 3.76. The highest BCUT2D eigenvalue weighted by Crippen LogP contribution is 2.23. The third-order valence-electron chi connectivity index (χ3n) is 5.37. The van der Waals surface area contributed by atoms with Gasteiger partial charge in [-0.25, -0.2) is 4.79 Å². The van der Waals surface area contributed by atoms with E-state index in [-0.39, 0.29) is 23.1 Å². The van der Waals surface area contributed by atoms with Crippen molar-refractivity contribution in [3.63, 3.8) is 0 Å². The molecule has 1 fully saturated rings. The molecule has 5 nitrogen and oxygen atoms in total. The molecule has 0 unspecified atom stereocenters. The van der Waals surface area contributed by atoms with Crippen LogP contribution in [0.2, 0.25) is 0 Å². The Bertz CT molecular complexity index is 1130. The Kier molecular flexibility index (Phi) is 8.32. The number of aromatic nitrogens is 1. The van der Waals surface area contributed by atoms with E-state index in [0.29, 0.717) is 26.2 Å². The largest absolute Gasteiger partial charge is 1.00 e. The molecule has 1 aliphatic heterocycles. The van der Waals surface area contributed by atoms with Crippen molar-refractivity contribution in [2.75, 3.05) is 37.7 Å². The molecule has 0 aliphatic carbocycles. The third-order valence-corrected chi connectivity index (χ3v) is 6.50. The molecular formula is C25H26BrN3O2S. The van der Waals surface area contributed by atoms with Crippen LogP contribution in [0.4, 0.5) is 10.5 Å². The van der Waals surface area contributed by atoms with Crippen LogP contribution >= 0.6 is 11.3 Å². The second kappa shape index (κ2) is 11.2. The normalized spacial score (nSPS) is 13.8. The number of para-hydroxylation sites is 1. The second-order valence-electron chi connectivity index (χ2n) is 7.30. The van der Waals surface area contributed by atoms with Crippen molar-refractivity contribution < 1.29 is 31.1 Å². The Hall–Kier alpha value is -2.82. The lowest BCUT2D eigenvalue weighted by atomic mass is 10.1. The molecule has 0 bridgehead atoms. The van der Waals surface area contributed by atoms with Crippen molar-refractivity contribution in [2.24, 2.45) is 0 Å². The van der Waals surface area contributed by atoms with Gasteiger partial charge < -0.3 is 31.5 Å². The number of carbonyl (C=O) groups excluding carboxylic acids is 1. The highest BCUT2D eigenvalue weighted by molar-refractivity contribution is 7.18. The van der Waals surface area contributed by atoms with E-state index in [0.717, 1.165) is 23.7 Å². The summed E-state index contributed by atoms with van der Waals surface area (Å²) in [4.78, 5) is 15.9. The van der Waals surface area contributed by atoms with Gasteiger partial charge in [-0.05, 0) is 42.7 Å². The van der Waals surface area contributed by atoms with E-state index in [1.165, 1.54) is 15.9 Å². The highest BCUT2D eigenvalue weighted by atomic mass is 79.9. The van der Waals surface area contributed by atoms with Gasteiger partial charge >= 0.3 is 6.09 Å². The summed E-state index contributed by atoms with van der Waals surface area (Å²) in [6, 6.07) is 16.9. The average Bonchev–Trinajstić information content (AvgIpc) is 3.16. The number of ether oxygens (including phenoxy) is 1. The summed E-state index contributed by atoms with van der Waals surface area (Å²) >= 11 is 1.74. The van der Waals surface area contributed by atoms with Gasteiger partial charge in [0.15, 0.2) is 0 Å². The monoisotopic (exact) mass is 511 g/mol. The summed E-state index contributed by atoms with van der Waals surface area (Å²) in [5.41, 5.74) is 3.48. The maximum absolute atomic E-state index is 11.9. The zero-order chi connectivity index (χ0) is 21.6. The number of rotatable bonds is 5. The maximum Gasteiger partial charge on any atom is 0.409 e. The number of nitrogens with zero attached hydrogens (tertiary/aromatic N) is 3. The summed E-state index contributed by atoms with van der Waals surface area (Å²) in [5.74, 6) is 2.76. The number of fused-ring (bicyclic) bond motifs is 1. The standard InChI is InChI=1S/C25H26N3O2S.BrH/c1-3-15-28-22-7-5-6-8-23(22)31-24(28)14-11-20-9-12-21(13-10-20)26-16-18-27(19-17-26)25(29)30-4-2;/h1,5-14H,4,15-19H2,2H3;1H/q+1;/p-1. The first-order valence-electron chi connectivity index (χ1n) is 10.5. The predicted molar refractivity (Wildman–Crippen MR) is 127 cm³/mol. The van der Waals surface area contributed by atoms with Gasteiger partial charge in [-0.2, -0.15) is 4.57 Å². The lowest BCUT2D eigenvalue weighted by Gasteiger charge is -2.35. The molecule has 1 saturated heterocycles. The van der Waals surface area contributed by atoms with Crippen LogP contribution in [0.15, 0.2) is 48.5 Å². The van der Waals surface area contributed by atoms with E-state index >= 15 is 0 Å². The van der Waals surface area contributed by atoms with Crippen LogP contribution < -0.4 is 26.4 Å². The van der Waals surface area contributed by atoms with Gasteiger partial charge in [0.2, 0.25) is 12.1 Å². The molecule has 0 saturated carbocycles. The van der Waals surface area contributed by atoms with Gasteiger partial charge in [0.25, 0.3) is 5.01 Å².